The fourth-order valence-electron chi connectivity index (χ4n) is 3.27. The average molecular weight is 321 g/mol. The van der Waals surface area contributed by atoms with Crippen LogP contribution in [0, 0.1) is 0 Å². The monoisotopic (exact) mass is 320 g/mol. The first kappa shape index (κ1) is 15.3. The van der Waals surface area contributed by atoms with Crippen molar-refractivity contribution in [2.45, 2.75) is 44.6 Å². The maximum atomic E-state index is 5.60. The molecule has 4 heteroatoms. The molecule has 0 atom stereocenters. The molecule has 1 aliphatic heterocycles. The number of rotatable bonds is 4. The van der Waals surface area contributed by atoms with Crippen molar-refractivity contribution in [2.24, 2.45) is 0 Å². The van der Waals surface area contributed by atoms with Gasteiger partial charge in [0.25, 0.3) is 0 Å². The van der Waals surface area contributed by atoms with Crippen LogP contribution in [0.2, 0.25) is 0 Å². The first-order chi connectivity index (χ1) is 10.3. The molecule has 1 saturated carbocycles. The Kier molecular flexibility index (Phi) is 5.55. The van der Waals surface area contributed by atoms with Crippen molar-refractivity contribution < 1.29 is 0 Å². The quantitative estimate of drug-likeness (QED) is 0.770. The minimum absolute atomic E-state index is 0.693. The predicted molar refractivity (Wildman–Crippen MR) is 95.5 cm³/mol. The predicted octanol–water partition coefficient (Wildman–Crippen LogP) is 4.11. The molecule has 0 aromatic heterocycles. The third-order valence-corrected chi connectivity index (χ3v) is 6.10. The van der Waals surface area contributed by atoms with Gasteiger partial charge in [-0.25, -0.2) is 0 Å². The van der Waals surface area contributed by atoms with Gasteiger partial charge in [-0.05, 0) is 24.8 Å². The van der Waals surface area contributed by atoms with E-state index in [-0.39, 0.29) is 0 Å². The van der Waals surface area contributed by atoms with Crippen LogP contribution in [0.5, 0.6) is 0 Å². The van der Waals surface area contributed by atoms with Gasteiger partial charge in [0.1, 0.15) is 4.32 Å². The van der Waals surface area contributed by atoms with Gasteiger partial charge in [-0.1, -0.05) is 73.6 Å². The molecule has 2 fully saturated rings. The summed E-state index contributed by atoms with van der Waals surface area (Å²) in [5, 5.41) is 0. The molecule has 0 N–H and O–H groups in total. The first-order valence-electron chi connectivity index (χ1n) is 8.02. The van der Waals surface area contributed by atoms with E-state index in [0.29, 0.717) is 6.04 Å². The molecule has 0 spiro atoms. The molecular weight excluding hydrogens is 296 g/mol. The Labute approximate surface area is 137 Å². The van der Waals surface area contributed by atoms with Gasteiger partial charge in [-0.15, -0.1) is 0 Å². The van der Waals surface area contributed by atoms with E-state index >= 15 is 0 Å². The van der Waals surface area contributed by atoms with Crippen LogP contribution in [-0.4, -0.2) is 39.3 Å². The summed E-state index contributed by atoms with van der Waals surface area (Å²) in [6, 6.07) is 11.5. The lowest BCUT2D eigenvalue weighted by Gasteiger charge is -2.42. The van der Waals surface area contributed by atoms with Crippen molar-refractivity contribution in [3.05, 3.63) is 35.9 Å². The molecule has 0 radical (unpaired) electrons. The van der Waals surface area contributed by atoms with Crippen molar-refractivity contribution >= 4 is 28.3 Å². The summed E-state index contributed by atoms with van der Waals surface area (Å²) in [4.78, 5) is 5.04. The molecule has 1 aliphatic carbocycles. The van der Waals surface area contributed by atoms with Gasteiger partial charge in [-0.3, -0.25) is 4.90 Å². The Balaban J connectivity index is 1.54. The zero-order valence-corrected chi connectivity index (χ0v) is 14.2. The highest BCUT2D eigenvalue weighted by Gasteiger charge is 2.28. The van der Waals surface area contributed by atoms with E-state index in [4.69, 9.17) is 12.2 Å². The van der Waals surface area contributed by atoms with Gasteiger partial charge in [0.15, 0.2) is 0 Å². The molecule has 0 bridgehead atoms. The highest BCUT2D eigenvalue weighted by Crippen LogP contribution is 2.28. The third kappa shape index (κ3) is 4.21. The largest absolute Gasteiger partial charge is 0.341 e. The second-order valence-corrected chi connectivity index (χ2v) is 7.65. The van der Waals surface area contributed by atoms with E-state index in [1.54, 1.807) is 0 Å². The molecule has 2 nitrogen and oxygen atoms in total. The summed E-state index contributed by atoms with van der Waals surface area (Å²) in [7, 11) is 0. The van der Waals surface area contributed by atoms with E-state index in [0.717, 1.165) is 29.8 Å². The van der Waals surface area contributed by atoms with Gasteiger partial charge >= 0.3 is 0 Å². The fourth-order valence-corrected chi connectivity index (χ4v) is 4.51. The lowest BCUT2D eigenvalue weighted by Crippen LogP contribution is -2.50. The van der Waals surface area contributed by atoms with E-state index < -0.39 is 0 Å². The maximum absolute atomic E-state index is 5.60. The summed E-state index contributed by atoms with van der Waals surface area (Å²) in [6.45, 7) is 2.16. The van der Waals surface area contributed by atoms with Gasteiger partial charge in [-0.2, -0.15) is 0 Å². The minimum Gasteiger partial charge on any atom is -0.341 e. The van der Waals surface area contributed by atoms with Crippen molar-refractivity contribution in [3.63, 3.8) is 0 Å². The number of hydrogen-bond acceptors (Lipinski definition) is 3. The minimum atomic E-state index is 0.693. The van der Waals surface area contributed by atoms with E-state index in [9.17, 15) is 0 Å². The van der Waals surface area contributed by atoms with Crippen LogP contribution in [0.25, 0.3) is 0 Å². The molecule has 21 heavy (non-hydrogen) atoms. The summed E-state index contributed by atoms with van der Waals surface area (Å²) in [5.41, 5.74) is 1.43. The third-order valence-electron chi connectivity index (χ3n) is 4.53. The van der Waals surface area contributed by atoms with Gasteiger partial charge in [0, 0.05) is 12.6 Å². The number of benzene rings is 1. The fraction of sp³-hybridized carbons (Fsp3) is 0.588. The smallest absolute Gasteiger partial charge is 0.138 e. The Morgan fingerprint density at radius 1 is 1.10 bits per heavy atom. The Bertz CT molecular complexity index is 457. The number of nitrogens with zero attached hydrogens (tertiary/aromatic N) is 2. The van der Waals surface area contributed by atoms with Crippen molar-refractivity contribution in [1.29, 1.82) is 0 Å². The van der Waals surface area contributed by atoms with Crippen molar-refractivity contribution in [3.8, 4) is 0 Å². The molecule has 1 saturated heterocycles. The summed E-state index contributed by atoms with van der Waals surface area (Å²) in [6.07, 6.45) is 7.94. The Morgan fingerprint density at radius 2 is 1.86 bits per heavy atom. The molecule has 114 valence electrons. The highest BCUT2D eigenvalue weighted by atomic mass is 32.2. The van der Waals surface area contributed by atoms with Crippen LogP contribution in [0.4, 0.5) is 0 Å². The standard InChI is InChI=1S/C17H24N2S2/c20-17-19(16-9-5-2-6-10-16)13-18(14-21-17)12-11-15-7-3-1-4-8-15/h1,3-4,7-8,16H,2,5-6,9-14H2. The molecule has 3 rings (SSSR count). The lowest BCUT2D eigenvalue weighted by molar-refractivity contribution is 0.152. The van der Waals surface area contributed by atoms with Gasteiger partial charge < -0.3 is 4.90 Å². The topological polar surface area (TPSA) is 6.48 Å². The maximum Gasteiger partial charge on any atom is 0.138 e. The van der Waals surface area contributed by atoms with E-state index in [1.807, 2.05) is 11.8 Å². The lowest BCUT2D eigenvalue weighted by atomic mass is 9.95. The zero-order valence-electron chi connectivity index (χ0n) is 12.5. The first-order valence-corrected chi connectivity index (χ1v) is 9.42. The van der Waals surface area contributed by atoms with Crippen molar-refractivity contribution in [2.75, 3.05) is 19.1 Å². The molecule has 1 heterocycles. The average Bonchev–Trinajstić information content (AvgIpc) is 2.56. The van der Waals surface area contributed by atoms with Crippen molar-refractivity contribution in [1.82, 2.24) is 9.80 Å². The second-order valence-electron chi connectivity index (χ2n) is 6.07. The SMILES string of the molecule is S=C1SCN(CCc2ccccc2)CN1C1CCCCC1. The Hall–Kier alpha value is -0.580. The van der Waals surface area contributed by atoms with Crippen LogP contribution in [0.15, 0.2) is 30.3 Å². The Morgan fingerprint density at radius 3 is 2.62 bits per heavy atom. The highest BCUT2D eigenvalue weighted by molar-refractivity contribution is 8.22. The van der Waals surface area contributed by atoms with E-state index in [1.165, 1.54) is 37.7 Å². The van der Waals surface area contributed by atoms with Crippen LogP contribution in [0.1, 0.15) is 37.7 Å². The molecule has 1 aromatic rings. The molecule has 0 unspecified atom stereocenters. The molecule has 2 aliphatic rings. The summed E-state index contributed by atoms with van der Waals surface area (Å²) >= 11 is 7.45. The normalized spacial score (nSPS) is 21.7. The van der Waals surface area contributed by atoms with Crippen LogP contribution >= 0.6 is 24.0 Å². The summed E-state index contributed by atoms with van der Waals surface area (Å²) < 4.78 is 1.12. The molecular formula is C17H24N2S2. The molecule has 0 amide bonds. The zero-order chi connectivity index (χ0) is 14.5. The van der Waals surface area contributed by atoms with Crippen LogP contribution in [-0.2, 0) is 6.42 Å². The van der Waals surface area contributed by atoms with E-state index in [2.05, 4.69) is 40.1 Å². The summed E-state index contributed by atoms with van der Waals surface area (Å²) in [5.74, 6) is 1.05. The van der Waals surface area contributed by atoms with Gasteiger partial charge in [0.05, 0.1) is 12.5 Å². The number of thioether (sulfide) groups is 1. The van der Waals surface area contributed by atoms with Crippen LogP contribution < -0.4 is 0 Å². The van der Waals surface area contributed by atoms with Gasteiger partial charge in [0.2, 0.25) is 0 Å². The molecule has 1 aromatic carbocycles. The number of hydrogen-bond donors (Lipinski definition) is 0. The number of thiocarbonyl (C=S) groups is 1. The van der Waals surface area contributed by atoms with Crippen LogP contribution in [0.3, 0.4) is 0 Å². The second kappa shape index (κ2) is 7.61.